The van der Waals surface area contributed by atoms with Crippen molar-refractivity contribution in [3.8, 4) is 6.01 Å². The maximum atomic E-state index is 5.09. The molecule has 0 aliphatic rings. The van der Waals surface area contributed by atoms with Crippen molar-refractivity contribution in [2.75, 3.05) is 7.11 Å². The number of aromatic nitrogens is 5. The maximum absolute atomic E-state index is 5.09. The molecule has 0 aliphatic heterocycles. The van der Waals surface area contributed by atoms with Crippen molar-refractivity contribution in [2.45, 2.75) is 19.9 Å². The summed E-state index contributed by atoms with van der Waals surface area (Å²) in [7, 11) is 1.55. The molecule has 98 valence electrons. The van der Waals surface area contributed by atoms with Gasteiger partial charge in [0.1, 0.15) is 16.6 Å². The molecule has 6 nitrogen and oxygen atoms in total. The number of hydrogen-bond donors (Lipinski definition) is 0. The van der Waals surface area contributed by atoms with Crippen molar-refractivity contribution >= 4 is 37.9 Å². The smallest absolute Gasteiger partial charge is 0.316 e. The number of ether oxygens (including phenoxy) is 1. The van der Waals surface area contributed by atoms with E-state index in [0.29, 0.717) is 6.01 Å². The van der Waals surface area contributed by atoms with Crippen molar-refractivity contribution in [1.29, 1.82) is 0 Å². The molecule has 0 spiro atoms. The van der Waals surface area contributed by atoms with E-state index in [1.54, 1.807) is 13.3 Å². The monoisotopic (exact) mass is 321 g/mol. The van der Waals surface area contributed by atoms with Gasteiger partial charge in [-0.3, -0.25) is 0 Å². The fourth-order valence-corrected chi connectivity index (χ4v) is 2.52. The van der Waals surface area contributed by atoms with Gasteiger partial charge in [0.25, 0.3) is 0 Å². The average Bonchev–Trinajstić information content (AvgIpc) is 2.84. The second kappa shape index (κ2) is 4.41. The van der Waals surface area contributed by atoms with Gasteiger partial charge in [0.2, 0.25) is 0 Å². The van der Waals surface area contributed by atoms with Gasteiger partial charge in [0.05, 0.1) is 7.11 Å². The number of benzene rings is 1. The van der Waals surface area contributed by atoms with Gasteiger partial charge in [-0.1, -0.05) is 5.21 Å². The molecule has 0 aliphatic carbocycles. The number of rotatable bonds is 2. The van der Waals surface area contributed by atoms with Crippen LogP contribution in [-0.2, 0) is 0 Å². The zero-order valence-electron chi connectivity index (χ0n) is 10.8. The Labute approximate surface area is 117 Å². The highest BCUT2D eigenvalue weighted by atomic mass is 79.9. The minimum Gasteiger partial charge on any atom is -0.467 e. The normalized spacial score (nSPS) is 11.6. The molecule has 3 rings (SSSR count). The van der Waals surface area contributed by atoms with Crippen LogP contribution in [0.25, 0.3) is 21.9 Å². The van der Waals surface area contributed by atoms with E-state index in [1.165, 1.54) is 0 Å². The Kier molecular flexibility index (Phi) is 2.85. The topological polar surface area (TPSA) is 65.7 Å². The second-order valence-electron chi connectivity index (χ2n) is 4.48. The van der Waals surface area contributed by atoms with E-state index in [2.05, 4.69) is 50.1 Å². The lowest BCUT2D eigenvalue weighted by molar-refractivity contribution is 0.382. The molecule has 0 unspecified atom stereocenters. The first-order chi connectivity index (χ1) is 9.11. The summed E-state index contributed by atoms with van der Waals surface area (Å²) in [6.07, 6.45) is 1.74. The molecule has 2 heterocycles. The summed E-state index contributed by atoms with van der Waals surface area (Å²) in [6.45, 7) is 4.11. The van der Waals surface area contributed by atoms with Crippen LogP contribution in [-0.4, -0.2) is 32.1 Å². The largest absolute Gasteiger partial charge is 0.467 e. The van der Waals surface area contributed by atoms with E-state index in [4.69, 9.17) is 4.74 Å². The minimum absolute atomic E-state index is 0.198. The van der Waals surface area contributed by atoms with Crippen molar-refractivity contribution < 1.29 is 4.74 Å². The summed E-state index contributed by atoms with van der Waals surface area (Å²) in [5.41, 5.74) is 2.48. The summed E-state index contributed by atoms with van der Waals surface area (Å²) in [5, 5.41) is 9.33. The quantitative estimate of drug-likeness (QED) is 0.726. The molecule has 7 heteroatoms. The Morgan fingerprint density at radius 2 is 2.11 bits per heavy atom. The summed E-state index contributed by atoms with van der Waals surface area (Å²) < 4.78 is 7.84. The molecule has 19 heavy (non-hydrogen) atoms. The highest BCUT2D eigenvalue weighted by molar-refractivity contribution is 9.10. The van der Waals surface area contributed by atoms with Crippen LogP contribution >= 0.6 is 15.9 Å². The summed E-state index contributed by atoms with van der Waals surface area (Å²) in [5.74, 6) is 0. The first kappa shape index (κ1) is 12.3. The Hall–Kier alpha value is -1.76. The SMILES string of the molecule is COc1ncc2cc(Br)c3nnn(C(C)C)c3c2n1. The number of hydrogen-bond acceptors (Lipinski definition) is 5. The van der Waals surface area contributed by atoms with Crippen LogP contribution in [0.4, 0.5) is 0 Å². The van der Waals surface area contributed by atoms with Crippen LogP contribution in [0.15, 0.2) is 16.7 Å². The van der Waals surface area contributed by atoms with E-state index in [0.717, 1.165) is 26.4 Å². The van der Waals surface area contributed by atoms with Gasteiger partial charge in [-0.15, -0.1) is 5.10 Å². The molecule has 0 radical (unpaired) electrons. The molecule has 0 amide bonds. The van der Waals surface area contributed by atoms with E-state index in [9.17, 15) is 0 Å². The molecule has 1 aromatic carbocycles. The molecule has 2 aromatic heterocycles. The van der Waals surface area contributed by atoms with Gasteiger partial charge in [-0.25, -0.2) is 9.67 Å². The highest BCUT2D eigenvalue weighted by Gasteiger charge is 2.16. The molecule has 0 bridgehead atoms. The molecule has 0 N–H and O–H groups in total. The van der Waals surface area contributed by atoms with Gasteiger partial charge in [-0.2, -0.15) is 4.98 Å². The number of nitrogens with zero attached hydrogens (tertiary/aromatic N) is 5. The molecular formula is C12H12BrN5O. The number of halogens is 1. The van der Waals surface area contributed by atoms with Crippen LogP contribution in [0.1, 0.15) is 19.9 Å². The van der Waals surface area contributed by atoms with Crippen molar-refractivity contribution in [2.24, 2.45) is 0 Å². The molecule has 0 atom stereocenters. The van der Waals surface area contributed by atoms with Gasteiger partial charge in [-0.05, 0) is 35.8 Å². The van der Waals surface area contributed by atoms with Crippen LogP contribution in [0.3, 0.4) is 0 Å². The predicted molar refractivity (Wildman–Crippen MR) is 75.3 cm³/mol. The lowest BCUT2D eigenvalue weighted by Crippen LogP contribution is -2.03. The third-order valence-corrected chi connectivity index (χ3v) is 3.50. The average molecular weight is 322 g/mol. The highest BCUT2D eigenvalue weighted by Crippen LogP contribution is 2.31. The van der Waals surface area contributed by atoms with Crippen molar-refractivity contribution in [1.82, 2.24) is 25.0 Å². The lowest BCUT2D eigenvalue weighted by atomic mass is 10.2. The molecule has 0 saturated heterocycles. The van der Waals surface area contributed by atoms with Gasteiger partial charge >= 0.3 is 6.01 Å². The third kappa shape index (κ3) is 1.85. The van der Waals surface area contributed by atoms with Gasteiger partial charge in [0.15, 0.2) is 0 Å². The Morgan fingerprint density at radius 3 is 2.79 bits per heavy atom. The van der Waals surface area contributed by atoms with Gasteiger partial charge < -0.3 is 4.74 Å². The fourth-order valence-electron chi connectivity index (χ4n) is 2.01. The first-order valence-electron chi connectivity index (χ1n) is 5.86. The number of fused-ring (bicyclic) bond motifs is 3. The molecule has 3 aromatic rings. The summed E-state index contributed by atoms with van der Waals surface area (Å²) in [6, 6.07) is 2.48. The molecular weight excluding hydrogens is 310 g/mol. The number of methoxy groups -OCH3 is 1. The Bertz CT molecular complexity index is 767. The van der Waals surface area contributed by atoms with E-state index in [-0.39, 0.29) is 6.04 Å². The summed E-state index contributed by atoms with van der Waals surface area (Å²) in [4.78, 5) is 8.55. The molecule has 0 saturated carbocycles. The van der Waals surface area contributed by atoms with Crippen LogP contribution in [0, 0.1) is 0 Å². The van der Waals surface area contributed by atoms with Crippen LogP contribution in [0.2, 0.25) is 0 Å². The lowest BCUT2D eigenvalue weighted by Gasteiger charge is -2.08. The van der Waals surface area contributed by atoms with Crippen molar-refractivity contribution in [3.05, 3.63) is 16.7 Å². The Balaban J connectivity index is 2.49. The predicted octanol–water partition coefficient (Wildman–Crippen LogP) is 2.73. The first-order valence-corrected chi connectivity index (χ1v) is 6.65. The minimum atomic E-state index is 0.198. The third-order valence-electron chi connectivity index (χ3n) is 2.89. The van der Waals surface area contributed by atoms with E-state index < -0.39 is 0 Å². The van der Waals surface area contributed by atoms with Crippen LogP contribution in [0.5, 0.6) is 6.01 Å². The molecule has 0 fully saturated rings. The van der Waals surface area contributed by atoms with E-state index in [1.807, 2.05) is 10.7 Å². The van der Waals surface area contributed by atoms with Crippen molar-refractivity contribution in [3.63, 3.8) is 0 Å². The standard InChI is InChI=1S/C12H12BrN5O/c1-6(2)18-11-9-7(5-14-12(15-9)19-3)4-8(13)10(11)16-17-18/h4-6H,1-3H3. The van der Waals surface area contributed by atoms with Gasteiger partial charge in [0, 0.05) is 22.1 Å². The van der Waals surface area contributed by atoms with Crippen LogP contribution < -0.4 is 4.74 Å². The fraction of sp³-hybridized carbons (Fsp3) is 0.333. The Morgan fingerprint density at radius 1 is 1.32 bits per heavy atom. The van der Waals surface area contributed by atoms with E-state index >= 15 is 0 Å². The second-order valence-corrected chi connectivity index (χ2v) is 5.33. The zero-order chi connectivity index (χ0) is 13.6. The zero-order valence-corrected chi connectivity index (χ0v) is 12.3. The maximum Gasteiger partial charge on any atom is 0.316 e. The summed E-state index contributed by atoms with van der Waals surface area (Å²) >= 11 is 3.51.